The molecule has 1 aromatic carbocycles. The zero-order valence-electron chi connectivity index (χ0n) is 11.1. The second-order valence-corrected chi connectivity index (χ2v) is 5.01. The van der Waals surface area contributed by atoms with Crippen LogP contribution in [0, 0.1) is 5.82 Å². The highest BCUT2D eigenvalue weighted by Crippen LogP contribution is 2.30. The number of methoxy groups -OCH3 is 1. The lowest BCUT2D eigenvalue weighted by molar-refractivity contribution is -0.141. The van der Waals surface area contributed by atoms with E-state index in [1.807, 2.05) is 5.32 Å². The van der Waals surface area contributed by atoms with Crippen LogP contribution >= 0.6 is 11.8 Å². The van der Waals surface area contributed by atoms with Gasteiger partial charge in [-0.05, 0) is 29.5 Å². The predicted octanol–water partition coefficient (Wildman–Crippen LogP) is 2.33. The number of thioether (sulfide) groups is 1. The van der Waals surface area contributed by atoms with Gasteiger partial charge in [-0.2, -0.15) is 13.2 Å². The van der Waals surface area contributed by atoms with Gasteiger partial charge in [-0.3, -0.25) is 4.79 Å². The topological polar surface area (TPSA) is 75.6 Å². The normalized spacial score (nSPS) is 12.6. The van der Waals surface area contributed by atoms with E-state index in [2.05, 4.69) is 4.74 Å². The Kier molecular flexibility index (Phi) is 6.03. The highest BCUT2D eigenvalue weighted by molar-refractivity contribution is 8.00. The third-order valence-electron chi connectivity index (χ3n) is 2.43. The van der Waals surface area contributed by atoms with Crippen molar-refractivity contribution in [1.82, 2.24) is 5.32 Å². The lowest BCUT2D eigenvalue weighted by Gasteiger charge is -2.16. The van der Waals surface area contributed by atoms with Crippen LogP contribution in [-0.2, 0) is 9.59 Å². The molecule has 0 fully saturated rings. The standard InChI is InChI=1S/C12H11F4NO4S/c1-21-8-3-2-6(4-7(8)13)10(11(19)20)17-9(18)5-22-12(14,15)16/h2-4,10H,5H2,1H3,(H,17,18)(H,19,20). The number of carboxylic acids is 1. The molecule has 0 bridgehead atoms. The molecule has 5 nitrogen and oxygen atoms in total. The molecule has 10 heteroatoms. The SMILES string of the molecule is COc1ccc(C(NC(=O)CSC(F)(F)F)C(=O)O)cc1F. The van der Waals surface area contributed by atoms with Crippen LogP contribution in [0.1, 0.15) is 11.6 Å². The fourth-order valence-electron chi connectivity index (χ4n) is 1.50. The molecule has 0 aliphatic rings. The van der Waals surface area contributed by atoms with Crippen LogP contribution in [0.4, 0.5) is 17.6 Å². The van der Waals surface area contributed by atoms with E-state index >= 15 is 0 Å². The number of halogens is 4. The molecule has 1 atom stereocenters. The van der Waals surface area contributed by atoms with Gasteiger partial charge in [0.15, 0.2) is 17.6 Å². The van der Waals surface area contributed by atoms with Crippen molar-refractivity contribution in [1.29, 1.82) is 0 Å². The zero-order valence-corrected chi connectivity index (χ0v) is 11.9. The van der Waals surface area contributed by atoms with Crippen molar-refractivity contribution in [2.75, 3.05) is 12.9 Å². The molecular weight excluding hydrogens is 330 g/mol. The van der Waals surface area contributed by atoms with Gasteiger partial charge in [-0.25, -0.2) is 9.18 Å². The number of hydrogen-bond acceptors (Lipinski definition) is 4. The fraction of sp³-hybridized carbons (Fsp3) is 0.333. The summed E-state index contributed by atoms with van der Waals surface area (Å²) in [7, 11) is 1.21. The lowest BCUT2D eigenvalue weighted by atomic mass is 10.1. The van der Waals surface area contributed by atoms with E-state index in [1.54, 1.807) is 0 Å². The molecule has 0 saturated heterocycles. The molecule has 22 heavy (non-hydrogen) atoms. The number of rotatable bonds is 6. The van der Waals surface area contributed by atoms with E-state index < -0.39 is 46.8 Å². The van der Waals surface area contributed by atoms with Crippen molar-refractivity contribution < 1.29 is 37.0 Å². The number of nitrogens with one attached hydrogen (secondary N) is 1. The number of benzene rings is 1. The van der Waals surface area contributed by atoms with E-state index in [9.17, 15) is 27.2 Å². The van der Waals surface area contributed by atoms with Crippen molar-refractivity contribution in [3.8, 4) is 5.75 Å². The number of aliphatic carboxylic acids is 1. The van der Waals surface area contributed by atoms with Gasteiger partial charge in [-0.15, -0.1) is 0 Å². The number of ether oxygens (including phenoxy) is 1. The van der Waals surface area contributed by atoms with Crippen LogP contribution in [-0.4, -0.2) is 35.4 Å². The van der Waals surface area contributed by atoms with E-state index in [0.29, 0.717) is 0 Å². The first-order chi connectivity index (χ1) is 10.1. The summed E-state index contributed by atoms with van der Waals surface area (Å²) in [6, 6.07) is 1.51. The summed E-state index contributed by atoms with van der Waals surface area (Å²) in [5, 5.41) is 10.9. The minimum atomic E-state index is -4.61. The number of carboxylic acid groups (broad SMARTS) is 1. The Morgan fingerprint density at radius 1 is 1.41 bits per heavy atom. The summed E-state index contributed by atoms with van der Waals surface area (Å²) in [6.45, 7) is 0. The first-order valence-corrected chi connectivity index (χ1v) is 6.69. The summed E-state index contributed by atoms with van der Waals surface area (Å²) in [4.78, 5) is 22.5. The third-order valence-corrected chi connectivity index (χ3v) is 3.16. The average Bonchev–Trinajstić information content (AvgIpc) is 2.41. The smallest absolute Gasteiger partial charge is 0.442 e. The van der Waals surface area contributed by atoms with Gasteiger partial charge < -0.3 is 15.2 Å². The number of carbonyl (C=O) groups excluding carboxylic acids is 1. The Morgan fingerprint density at radius 3 is 2.50 bits per heavy atom. The predicted molar refractivity (Wildman–Crippen MR) is 70.0 cm³/mol. The maximum Gasteiger partial charge on any atom is 0.442 e. The Balaban J connectivity index is 2.84. The minimum absolute atomic E-state index is 0.129. The third kappa shape index (κ3) is 5.43. The molecule has 0 heterocycles. The first-order valence-electron chi connectivity index (χ1n) is 5.70. The van der Waals surface area contributed by atoms with Crippen molar-refractivity contribution in [3.63, 3.8) is 0 Å². The van der Waals surface area contributed by atoms with Crippen LogP contribution in [0.15, 0.2) is 18.2 Å². The summed E-state index contributed by atoms with van der Waals surface area (Å²) in [6.07, 6.45) is 0. The quantitative estimate of drug-likeness (QED) is 0.777. The molecule has 1 amide bonds. The maximum atomic E-state index is 13.5. The minimum Gasteiger partial charge on any atom is -0.494 e. The number of hydrogen-bond donors (Lipinski definition) is 2. The summed E-state index contributed by atoms with van der Waals surface area (Å²) in [5.74, 6) is -4.65. The van der Waals surface area contributed by atoms with E-state index in [1.165, 1.54) is 13.2 Å². The lowest BCUT2D eigenvalue weighted by Crippen LogP contribution is -2.35. The van der Waals surface area contributed by atoms with E-state index in [0.717, 1.165) is 12.1 Å². The van der Waals surface area contributed by atoms with Gasteiger partial charge >= 0.3 is 11.5 Å². The number of carbonyl (C=O) groups is 2. The number of amides is 1. The molecule has 0 aliphatic heterocycles. The molecule has 2 N–H and O–H groups in total. The largest absolute Gasteiger partial charge is 0.494 e. The van der Waals surface area contributed by atoms with Gasteiger partial charge in [-0.1, -0.05) is 6.07 Å². The van der Waals surface area contributed by atoms with Gasteiger partial charge in [0.1, 0.15) is 0 Å². The van der Waals surface area contributed by atoms with Gasteiger partial charge in [0, 0.05) is 0 Å². The molecule has 0 spiro atoms. The van der Waals surface area contributed by atoms with Gasteiger partial charge in [0.05, 0.1) is 12.9 Å². The molecule has 1 aromatic rings. The van der Waals surface area contributed by atoms with E-state index in [-0.39, 0.29) is 11.3 Å². The number of alkyl halides is 3. The van der Waals surface area contributed by atoms with Crippen molar-refractivity contribution >= 4 is 23.6 Å². The van der Waals surface area contributed by atoms with Crippen LogP contribution in [0.5, 0.6) is 5.75 Å². The Morgan fingerprint density at radius 2 is 2.05 bits per heavy atom. The van der Waals surface area contributed by atoms with Crippen LogP contribution < -0.4 is 10.1 Å². The molecule has 0 aromatic heterocycles. The summed E-state index contributed by atoms with van der Waals surface area (Å²) in [5.41, 5.74) is -4.74. The zero-order chi connectivity index (χ0) is 16.9. The average molecular weight is 341 g/mol. The molecule has 1 unspecified atom stereocenters. The molecule has 0 radical (unpaired) electrons. The maximum absolute atomic E-state index is 13.5. The monoisotopic (exact) mass is 341 g/mol. The van der Waals surface area contributed by atoms with Crippen molar-refractivity contribution in [3.05, 3.63) is 29.6 Å². The summed E-state index contributed by atoms with van der Waals surface area (Å²) >= 11 is -0.599. The Hall–Kier alpha value is -1.97. The highest BCUT2D eigenvalue weighted by Gasteiger charge is 2.30. The van der Waals surface area contributed by atoms with Crippen LogP contribution in [0.25, 0.3) is 0 Å². The molecular formula is C12H11F4NO4S. The Labute approximate surface area is 126 Å². The molecule has 0 aliphatic carbocycles. The van der Waals surface area contributed by atoms with Crippen LogP contribution in [0.2, 0.25) is 0 Å². The van der Waals surface area contributed by atoms with Gasteiger partial charge in [0.2, 0.25) is 5.91 Å². The first kappa shape index (κ1) is 18.1. The highest BCUT2D eigenvalue weighted by atomic mass is 32.2. The Bertz CT molecular complexity index is 565. The van der Waals surface area contributed by atoms with Crippen molar-refractivity contribution in [2.24, 2.45) is 0 Å². The molecule has 122 valence electrons. The van der Waals surface area contributed by atoms with Gasteiger partial charge in [0.25, 0.3) is 0 Å². The second-order valence-electron chi connectivity index (χ2n) is 3.97. The fourth-order valence-corrected chi connectivity index (χ4v) is 1.88. The molecule has 1 rings (SSSR count). The van der Waals surface area contributed by atoms with E-state index in [4.69, 9.17) is 5.11 Å². The molecule has 0 saturated carbocycles. The second kappa shape index (κ2) is 7.34. The van der Waals surface area contributed by atoms with Crippen molar-refractivity contribution in [2.45, 2.75) is 11.6 Å². The summed E-state index contributed by atoms with van der Waals surface area (Å²) < 4.78 is 54.1. The van der Waals surface area contributed by atoms with Crippen LogP contribution in [0.3, 0.4) is 0 Å².